The van der Waals surface area contributed by atoms with E-state index in [1.807, 2.05) is 0 Å². The van der Waals surface area contributed by atoms with Crippen molar-refractivity contribution in [3.05, 3.63) is 16.6 Å². The number of thiazole rings is 1. The number of carbonyl (C=O) groups excluding carboxylic acids is 1. The molecule has 0 aliphatic carbocycles. The molecule has 0 aliphatic heterocycles. The molecule has 0 radical (unpaired) electrons. The van der Waals surface area contributed by atoms with Crippen LogP contribution in [0.3, 0.4) is 0 Å². The van der Waals surface area contributed by atoms with Gasteiger partial charge < -0.3 is 10.4 Å². The van der Waals surface area contributed by atoms with Gasteiger partial charge in [-0.3, -0.25) is 9.78 Å². The van der Waals surface area contributed by atoms with E-state index in [0.717, 1.165) is 11.3 Å². The third-order valence-electron chi connectivity index (χ3n) is 1.58. The Morgan fingerprint density at radius 1 is 1.73 bits per heavy atom. The van der Waals surface area contributed by atoms with Crippen LogP contribution < -0.4 is 5.32 Å². The first kappa shape index (κ1) is 11.2. The Hall–Kier alpha value is -1.87. The van der Waals surface area contributed by atoms with E-state index in [0.29, 0.717) is 4.88 Å². The van der Waals surface area contributed by atoms with Crippen molar-refractivity contribution in [1.29, 1.82) is 0 Å². The maximum atomic E-state index is 11.4. The number of aliphatic carboxylic acids is 1. The standard InChI is InChI=1S/C9H8N2O3S/c1-2-3-6(9(13)14)11-8(12)7-4-10-5-15-7/h1,4-6H,3H2,(H,11,12)(H,13,14). The number of carbonyl (C=O) groups is 2. The second-order valence-electron chi connectivity index (χ2n) is 2.64. The molecule has 2 N–H and O–H groups in total. The first-order valence-corrected chi connectivity index (χ1v) is 4.88. The van der Waals surface area contributed by atoms with E-state index in [2.05, 4.69) is 16.2 Å². The highest BCUT2D eigenvalue weighted by molar-refractivity contribution is 7.11. The largest absolute Gasteiger partial charge is 0.480 e. The molecule has 15 heavy (non-hydrogen) atoms. The van der Waals surface area contributed by atoms with E-state index >= 15 is 0 Å². The van der Waals surface area contributed by atoms with Gasteiger partial charge in [-0.05, 0) is 0 Å². The zero-order chi connectivity index (χ0) is 11.3. The fourth-order valence-corrected chi connectivity index (χ4v) is 1.40. The third-order valence-corrected chi connectivity index (χ3v) is 2.35. The summed E-state index contributed by atoms with van der Waals surface area (Å²) in [4.78, 5) is 26.2. The molecule has 1 heterocycles. The normalized spacial score (nSPS) is 11.4. The molecule has 1 aromatic rings. The second-order valence-corrected chi connectivity index (χ2v) is 3.52. The molecule has 0 aliphatic rings. The molecule has 0 aromatic carbocycles. The lowest BCUT2D eigenvalue weighted by Gasteiger charge is -2.10. The van der Waals surface area contributed by atoms with Gasteiger partial charge in [-0.2, -0.15) is 0 Å². The lowest BCUT2D eigenvalue weighted by Crippen LogP contribution is -2.40. The van der Waals surface area contributed by atoms with E-state index in [4.69, 9.17) is 11.5 Å². The fourth-order valence-electron chi connectivity index (χ4n) is 0.875. The smallest absolute Gasteiger partial charge is 0.327 e. The second kappa shape index (κ2) is 5.12. The summed E-state index contributed by atoms with van der Waals surface area (Å²) in [7, 11) is 0. The Balaban J connectivity index is 2.64. The molecule has 1 rings (SSSR count). The van der Waals surface area contributed by atoms with Gasteiger partial charge in [0.1, 0.15) is 10.9 Å². The van der Waals surface area contributed by atoms with Crippen molar-refractivity contribution >= 4 is 23.2 Å². The average Bonchev–Trinajstić information content (AvgIpc) is 2.69. The predicted molar refractivity (Wildman–Crippen MR) is 54.5 cm³/mol. The molecule has 0 bridgehead atoms. The van der Waals surface area contributed by atoms with E-state index in [1.54, 1.807) is 0 Å². The SMILES string of the molecule is C#CCC(NC(=O)c1cncs1)C(=O)O. The topological polar surface area (TPSA) is 79.3 Å². The minimum atomic E-state index is -1.15. The predicted octanol–water partition coefficient (Wildman–Crippen LogP) is 0.349. The average molecular weight is 224 g/mol. The Morgan fingerprint density at radius 3 is 2.93 bits per heavy atom. The molecule has 1 amide bonds. The summed E-state index contributed by atoms with van der Waals surface area (Å²) >= 11 is 1.14. The van der Waals surface area contributed by atoms with Crippen LogP contribution in [0.1, 0.15) is 16.1 Å². The Labute approximate surface area is 90.1 Å². The number of nitrogens with one attached hydrogen (secondary N) is 1. The number of carboxylic acids is 1. The van der Waals surface area contributed by atoms with Crippen LogP contribution in [0, 0.1) is 12.3 Å². The highest BCUT2D eigenvalue weighted by Crippen LogP contribution is 2.05. The number of hydrogen-bond donors (Lipinski definition) is 2. The summed E-state index contributed by atoms with van der Waals surface area (Å²) in [6.45, 7) is 0. The summed E-state index contributed by atoms with van der Waals surface area (Å²) in [5, 5.41) is 11.0. The van der Waals surface area contributed by atoms with Crippen LogP contribution in [0.25, 0.3) is 0 Å². The number of aromatic nitrogens is 1. The highest BCUT2D eigenvalue weighted by Gasteiger charge is 2.19. The Kier molecular flexibility index (Phi) is 3.83. The van der Waals surface area contributed by atoms with Gasteiger partial charge in [0.15, 0.2) is 0 Å². The van der Waals surface area contributed by atoms with E-state index in [9.17, 15) is 9.59 Å². The van der Waals surface area contributed by atoms with Crippen molar-refractivity contribution in [2.45, 2.75) is 12.5 Å². The van der Waals surface area contributed by atoms with Gasteiger partial charge in [0.2, 0.25) is 0 Å². The summed E-state index contributed by atoms with van der Waals surface area (Å²) in [6, 6.07) is -1.05. The lowest BCUT2D eigenvalue weighted by atomic mass is 10.2. The van der Waals surface area contributed by atoms with Gasteiger partial charge in [-0.25, -0.2) is 4.79 Å². The van der Waals surface area contributed by atoms with Crippen molar-refractivity contribution in [3.63, 3.8) is 0 Å². The number of nitrogens with zero attached hydrogens (tertiary/aromatic N) is 1. The van der Waals surface area contributed by atoms with Crippen molar-refractivity contribution in [3.8, 4) is 12.3 Å². The monoisotopic (exact) mass is 224 g/mol. The minimum absolute atomic E-state index is 0.0418. The van der Waals surface area contributed by atoms with Crippen LogP contribution in [-0.4, -0.2) is 28.0 Å². The molecule has 0 spiro atoms. The first-order valence-electron chi connectivity index (χ1n) is 4.00. The highest BCUT2D eigenvalue weighted by atomic mass is 32.1. The molecule has 1 aromatic heterocycles. The van der Waals surface area contributed by atoms with Gasteiger partial charge in [0.25, 0.3) is 5.91 Å². The molecule has 6 heteroatoms. The third kappa shape index (κ3) is 3.07. The fraction of sp³-hybridized carbons (Fsp3) is 0.222. The summed E-state index contributed by atoms with van der Waals surface area (Å²) < 4.78 is 0. The van der Waals surface area contributed by atoms with Crippen LogP contribution in [0.2, 0.25) is 0 Å². The van der Waals surface area contributed by atoms with Crippen molar-refractivity contribution in [2.75, 3.05) is 0 Å². The zero-order valence-electron chi connectivity index (χ0n) is 7.64. The van der Waals surface area contributed by atoms with Crippen molar-refractivity contribution in [1.82, 2.24) is 10.3 Å². The number of rotatable bonds is 4. The number of terminal acetylenes is 1. The van der Waals surface area contributed by atoms with Crippen molar-refractivity contribution < 1.29 is 14.7 Å². The van der Waals surface area contributed by atoms with E-state index < -0.39 is 17.9 Å². The first-order chi connectivity index (χ1) is 7.15. The molecule has 0 saturated carbocycles. The van der Waals surface area contributed by atoms with Crippen LogP contribution in [-0.2, 0) is 4.79 Å². The van der Waals surface area contributed by atoms with Gasteiger partial charge >= 0.3 is 5.97 Å². The number of carboxylic acid groups (broad SMARTS) is 1. The maximum Gasteiger partial charge on any atom is 0.327 e. The van der Waals surface area contributed by atoms with E-state index in [1.165, 1.54) is 11.7 Å². The molecule has 5 nitrogen and oxygen atoms in total. The zero-order valence-corrected chi connectivity index (χ0v) is 8.45. The molecule has 78 valence electrons. The number of amides is 1. The van der Waals surface area contributed by atoms with Crippen LogP contribution >= 0.6 is 11.3 Å². The van der Waals surface area contributed by atoms with Crippen LogP contribution in [0.5, 0.6) is 0 Å². The van der Waals surface area contributed by atoms with Gasteiger partial charge in [-0.15, -0.1) is 23.7 Å². The molecular weight excluding hydrogens is 216 g/mol. The Bertz CT molecular complexity index is 394. The lowest BCUT2D eigenvalue weighted by molar-refractivity contribution is -0.139. The van der Waals surface area contributed by atoms with Gasteiger partial charge in [-0.1, -0.05) is 0 Å². The van der Waals surface area contributed by atoms with E-state index in [-0.39, 0.29) is 6.42 Å². The van der Waals surface area contributed by atoms with Crippen molar-refractivity contribution in [2.24, 2.45) is 0 Å². The Morgan fingerprint density at radius 2 is 2.47 bits per heavy atom. The molecule has 0 fully saturated rings. The number of hydrogen-bond acceptors (Lipinski definition) is 4. The summed E-state index contributed by atoms with van der Waals surface area (Å²) in [6.07, 6.45) is 6.32. The van der Waals surface area contributed by atoms with Gasteiger partial charge in [0.05, 0.1) is 11.7 Å². The summed E-state index contributed by atoms with van der Waals surface area (Å²) in [5.74, 6) is 0.573. The van der Waals surface area contributed by atoms with Gasteiger partial charge in [0, 0.05) is 6.42 Å². The maximum absolute atomic E-state index is 11.4. The molecular formula is C9H8N2O3S. The van der Waals surface area contributed by atoms with Crippen LogP contribution in [0.15, 0.2) is 11.7 Å². The molecule has 1 atom stereocenters. The molecule has 0 saturated heterocycles. The quantitative estimate of drug-likeness (QED) is 0.723. The minimum Gasteiger partial charge on any atom is -0.480 e. The summed E-state index contributed by atoms with van der Waals surface area (Å²) in [5.41, 5.74) is 1.49. The molecule has 1 unspecified atom stereocenters. The van der Waals surface area contributed by atoms with Crippen LogP contribution in [0.4, 0.5) is 0 Å².